The standard InChI is InChI=1S/C13H26N2O2/c1-4-17-13(2,3)9-15-12(16)10-6-5-7-11(14)8-10/h10-11H,4-9,14H2,1-3H3,(H,15,16). The van der Waals surface area contributed by atoms with Crippen LogP contribution >= 0.6 is 0 Å². The normalized spacial score (nSPS) is 25.6. The number of rotatable bonds is 5. The van der Waals surface area contributed by atoms with Crippen molar-refractivity contribution in [1.29, 1.82) is 0 Å². The van der Waals surface area contributed by atoms with Crippen molar-refractivity contribution < 1.29 is 9.53 Å². The Kier molecular flexibility index (Phi) is 5.40. The lowest BCUT2D eigenvalue weighted by atomic mass is 9.85. The number of hydrogen-bond acceptors (Lipinski definition) is 3. The molecule has 0 heterocycles. The fourth-order valence-corrected chi connectivity index (χ4v) is 2.35. The van der Waals surface area contributed by atoms with Crippen LogP contribution in [-0.4, -0.2) is 30.7 Å². The van der Waals surface area contributed by atoms with Crippen molar-refractivity contribution in [2.75, 3.05) is 13.2 Å². The smallest absolute Gasteiger partial charge is 0.223 e. The van der Waals surface area contributed by atoms with Gasteiger partial charge in [-0.15, -0.1) is 0 Å². The number of carbonyl (C=O) groups is 1. The maximum absolute atomic E-state index is 12.0. The van der Waals surface area contributed by atoms with Crippen LogP contribution in [0.4, 0.5) is 0 Å². The number of carbonyl (C=O) groups excluding carboxylic acids is 1. The van der Waals surface area contributed by atoms with E-state index in [1.807, 2.05) is 20.8 Å². The zero-order valence-corrected chi connectivity index (χ0v) is 11.3. The molecular weight excluding hydrogens is 216 g/mol. The third-order valence-corrected chi connectivity index (χ3v) is 3.31. The second-order valence-electron chi connectivity index (χ2n) is 5.53. The quantitative estimate of drug-likeness (QED) is 0.766. The van der Waals surface area contributed by atoms with Gasteiger partial charge in [0.15, 0.2) is 0 Å². The second kappa shape index (κ2) is 6.36. The first-order chi connectivity index (χ1) is 7.94. The lowest BCUT2D eigenvalue weighted by Crippen LogP contribution is -2.44. The number of hydrogen-bond donors (Lipinski definition) is 2. The van der Waals surface area contributed by atoms with Crippen LogP contribution in [0.1, 0.15) is 46.5 Å². The molecule has 0 aromatic carbocycles. The van der Waals surface area contributed by atoms with Crippen LogP contribution in [0.15, 0.2) is 0 Å². The molecule has 0 radical (unpaired) electrons. The van der Waals surface area contributed by atoms with Gasteiger partial charge >= 0.3 is 0 Å². The topological polar surface area (TPSA) is 64.3 Å². The Morgan fingerprint density at radius 2 is 2.18 bits per heavy atom. The molecule has 2 unspecified atom stereocenters. The average Bonchev–Trinajstić information content (AvgIpc) is 2.26. The molecule has 3 N–H and O–H groups in total. The summed E-state index contributed by atoms with van der Waals surface area (Å²) in [4.78, 5) is 12.0. The molecule has 1 aliphatic rings. The minimum atomic E-state index is -0.290. The van der Waals surface area contributed by atoms with Crippen molar-refractivity contribution in [3.05, 3.63) is 0 Å². The van der Waals surface area contributed by atoms with Gasteiger partial charge in [0.25, 0.3) is 0 Å². The van der Waals surface area contributed by atoms with E-state index >= 15 is 0 Å². The molecule has 0 spiro atoms. The van der Waals surface area contributed by atoms with Gasteiger partial charge in [0.1, 0.15) is 0 Å². The summed E-state index contributed by atoms with van der Waals surface area (Å²) in [6.07, 6.45) is 3.90. The highest BCUT2D eigenvalue weighted by molar-refractivity contribution is 5.78. The first-order valence-corrected chi connectivity index (χ1v) is 6.62. The van der Waals surface area contributed by atoms with E-state index < -0.39 is 0 Å². The summed E-state index contributed by atoms with van der Waals surface area (Å²) in [6, 6.07) is 0.194. The summed E-state index contributed by atoms with van der Waals surface area (Å²) in [7, 11) is 0. The molecule has 1 fully saturated rings. The molecule has 2 atom stereocenters. The van der Waals surface area contributed by atoms with Crippen LogP contribution < -0.4 is 11.1 Å². The first kappa shape index (κ1) is 14.5. The molecule has 0 aromatic heterocycles. The van der Waals surface area contributed by atoms with Gasteiger partial charge in [-0.3, -0.25) is 4.79 Å². The monoisotopic (exact) mass is 242 g/mol. The van der Waals surface area contributed by atoms with Crippen LogP contribution in [0, 0.1) is 5.92 Å². The average molecular weight is 242 g/mol. The second-order valence-corrected chi connectivity index (χ2v) is 5.53. The summed E-state index contributed by atoms with van der Waals surface area (Å²) in [5.41, 5.74) is 5.60. The predicted octanol–water partition coefficient (Wildman–Crippen LogP) is 1.44. The highest BCUT2D eigenvalue weighted by Crippen LogP contribution is 2.23. The Balaban J connectivity index is 2.33. The molecule has 1 saturated carbocycles. The van der Waals surface area contributed by atoms with Crippen molar-refractivity contribution >= 4 is 5.91 Å². The minimum Gasteiger partial charge on any atom is -0.374 e. The van der Waals surface area contributed by atoms with Gasteiger partial charge in [-0.1, -0.05) is 6.42 Å². The highest BCUT2D eigenvalue weighted by atomic mass is 16.5. The number of ether oxygens (including phenoxy) is 1. The maximum atomic E-state index is 12.0. The van der Waals surface area contributed by atoms with Crippen LogP contribution in [0.5, 0.6) is 0 Å². The van der Waals surface area contributed by atoms with E-state index in [1.165, 1.54) is 0 Å². The van der Waals surface area contributed by atoms with Gasteiger partial charge < -0.3 is 15.8 Å². The summed E-state index contributed by atoms with van der Waals surface area (Å²) in [5, 5.41) is 2.98. The molecule has 100 valence electrons. The van der Waals surface area contributed by atoms with Crippen LogP contribution in [-0.2, 0) is 9.53 Å². The fourth-order valence-electron chi connectivity index (χ4n) is 2.35. The maximum Gasteiger partial charge on any atom is 0.223 e. The molecule has 0 bridgehead atoms. The van der Waals surface area contributed by atoms with Gasteiger partial charge in [-0.2, -0.15) is 0 Å². The van der Waals surface area contributed by atoms with Gasteiger partial charge in [0, 0.05) is 25.1 Å². The number of nitrogens with two attached hydrogens (primary N) is 1. The molecule has 1 rings (SSSR count). The molecule has 4 heteroatoms. The molecule has 0 aromatic rings. The number of amides is 1. The van der Waals surface area contributed by atoms with Gasteiger partial charge in [0.2, 0.25) is 5.91 Å². The van der Waals surface area contributed by atoms with E-state index in [4.69, 9.17) is 10.5 Å². The zero-order chi connectivity index (χ0) is 12.9. The molecular formula is C13H26N2O2. The molecule has 0 saturated heterocycles. The van der Waals surface area contributed by atoms with Crippen LogP contribution in [0.2, 0.25) is 0 Å². The van der Waals surface area contributed by atoms with E-state index in [9.17, 15) is 4.79 Å². The fraction of sp³-hybridized carbons (Fsp3) is 0.923. The van der Waals surface area contributed by atoms with Gasteiger partial charge in [-0.05, 0) is 40.0 Å². The number of nitrogens with one attached hydrogen (secondary N) is 1. The predicted molar refractivity (Wildman–Crippen MR) is 68.6 cm³/mol. The van der Waals surface area contributed by atoms with E-state index in [0.29, 0.717) is 13.2 Å². The van der Waals surface area contributed by atoms with E-state index in [0.717, 1.165) is 25.7 Å². The van der Waals surface area contributed by atoms with Gasteiger partial charge in [0.05, 0.1) is 5.60 Å². The van der Waals surface area contributed by atoms with Crippen molar-refractivity contribution in [2.24, 2.45) is 11.7 Å². The van der Waals surface area contributed by atoms with Crippen molar-refractivity contribution in [1.82, 2.24) is 5.32 Å². The Hall–Kier alpha value is -0.610. The Morgan fingerprint density at radius 3 is 2.76 bits per heavy atom. The lowest BCUT2D eigenvalue weighted by molar-refractivity contribution is -0.127. The Bertz CT molecular complexity index is 254. The Morgan fingerprint density at radius 1 is 1.47 bits per heavy atom. The van der Waals surface area contributed by atoms with Crippen LogP contribution in [0.3, 0.4) is 0 Å². The van der Waals surface area contributed by atoms with Crippen molar-refractivity contribution in [3.63, 3.8) is 0 Å². The Labute approximate surface area is 104 Å². The van der Waals surface area contributed by atoms with Crippen LogP contribution in [0.25, 0.3) is 0 Å². The van der Waals surface area contributed by atoms with E-state index in [2.05, 4.69) is 5.32 Å². The summed E-state index contributed by atoms with van der Waals surface area (Å²) >= 11 is 0. The molecule has 17 heavy (non-hydrogen) atoms. The SMILES string of the molecule is CCOC(C)(C)CNC(=O)C1CCCC(N)C1. The summed E-state index contributed by atoms with van der Waals surface area (Å²) in [6.45, 7) is 7.17. The summed E-state index contributed by atoms with van der Waals surface area (Å²) < 4.78 is 5.55. The molecule has 1 amide bonds. The zero-order valence-electron chi connectivity index (χ0n) is 11.3. The molecule has 4 nitrogen and oxygen atoms in total. The largest absolute Gasteiger partial charge is 0.374 e. The first-order valence-electron chi connectivity index (χ1n) is 6.62. The van der Waals surface area contributed by atoms with Gasteiger partial charge in [-0.25, -0.2) is 0 Å². The molecule has 0 aliphatic heterocycles. The van der Waals surface area contributed by atoms with Crippen molar-refractivity contribution in [2.45, 2.75) is 58.1 Å². The third kappa shape index (κ3) is 5.04. The van der Waals surface area contributed by atoms with E-state index in [1.54, 1.807) is 0 Å². The van der Waals surface area contributed by atoms with Crippen molar-refractivity contribution in [3.8, 4) is 0 Å². The lowest BCUT2D eigenvalue weighted by Gasteiger charge is -2.29. The highest BCUT2D eigenvalue weighted by Gasteiger charge is 2.27. The molecule has 1 aliphatic carbocycles. The third-order valence-electron chi connectivity index (χ3n) is 3.31. The summed E-state index contributed by atoms with van der Waals surface area (Å²) in [5.74, 6) is 0.226. The van der Waals surface area contributed by atoms with E-state index in [-0.39, 0.29) is 23.5 Å². The minimum absolute atomic E-state index is 0.0937.